The lowest BCUT2D eigenvalue weighted by Crippen LogP contribution is -2.68. The first-order valence-electron chi connectivity index (χ1n) is 9.78. The van der Waals surface area contributed by atoms with Crippen molar-refractivity contribution in [2.75, 3.05) is 0 Å². The topological polar surface area (TPSA) is 0 Å². The summed E-state index contributed by atoms with van der Waals surface area (Å²) in [6.45, 7) is 4.46. The molecule has 4 rings (SSSR count). The van der Waals surface area contributed by atoms with Gasteiger partial charge in [-0.05, 0) is 40.0 Å². The van der Waals surface area contributed by atoms with E-state index in [9.17, 15) is 0 Å². The number of allylic oxidation sites excluding steroid dienone is 4. The Kier molecular flexibility index (Phi) is 4.96. The quantitative estimate of drug-likeness (QED) is 0.470. The van der Waals surface area contributed by atoms with Crippen LogP contribution in [-0.4, -0.2) is 8.07 Å². The summed E-state index contributed by atoms with van der Waals surface area (Å²) in [5.74, 6) is 0.616. The molecule has 0 spiro atoms. The van der Waals surface area contributed by atoms with E-state index < -0.39 is 8.07 Å². The first kappa shape index (κ1) is 17.8. The summed E-state index contributed by atoms with van der Waals surface area (Å²) in [6.07, 6.45) is 8.40. The molecule has 0 N–H and O–H groups in total. The van der Waals surface area contributed by atoms with Gasteiger partial charge in [0.2, 0.25) is 0 Å². The summed E-state index contributed by atoms with van der Waals surface area (Å²) in [5.41, 5.74) is 1.31. The van der Waals surface area contributed by atoms with Gasteiger partial charge in [-0.2, -0.15) is 0 Å². The highest BCUT2D eigenvalue weighted by molar-refractivity contribution is 7.16. The van der Waals surface area contributed by atoms with Crippen LogP contribution in [0.4, 0.5) is 0 Å². The van der Waals surface area contributed by atoms with Gasteiger partial charge in [0.1, 0.15) is 0 Å². The first-order valence-corrected chi connectivity index (χ1v) is 11.8. The molecule has 1 heteroatoms. The van der Waals surface area contributed by atoms with Gasteiger partial charge in [-0.25, -0.2) is 0 Å². The zero-order chi connectivity index (χ0) is 18.7. The van der Waals surface area contributed by atoms with Gasteiger partial charge in [-0.3, -0.25) is 0 Å². The third-order valence-corrected chi connectivity index (χ3v) is 10.5. The summed E-state index contributed by atoms with van der Waals surface area (Å²) in [5, 5.41) is 5.86. The van der Waals surface area contributed by atoms with E-state index in [2.05, 4.69) is 117 Å². The van der Waals surface area contributed by atoms with E-state index in [0.29, 0.717) is 5.92 Å². The van der Waals surface area contributed by atoms with E-state index in [4.69, 9.17) is 0 Å². The van der Waals surface area contributed by atoms with Crippen molar-refractivity contribution in [1.29, 1.82) is 0 Å². The second kappa shape index (κ2) is 7.54. The fourth-order valence-corrected chi connectivity index (χ4v) is 9.01. The summed E-state index contributed by atoms with van der Waals surface area (Å²) >= 11 is 0. The Labute approximate surface area is 163 Å². The fourth-order valence-electron chi connectivity index (χ4n) is 4.19. The number of benzene rings is 3. The predicted octanol–water partition coefficient (Wildman–Crippen LogP) is 4.53. The maximum absolute atomic E-state index is 2.50. The molecule has 0 aromatic heterocycles. The standard InChI is InChI=1S/C26H26Si/c1-21-13-17-25(18-14-21)27(23-9-5-3-6-10-23,24-11-7-4-8-12-24)26-19-15-22(2)16-20-26/h3-15,17-20,22H,16H2,1-2H3. The lowest BCUT2D eigenvalue weighted by atomic mass is 10.0. The van der Waals surface area contributed by atoms with E-state index >= 15 is 0 Å². The SMILES string of the molecule is Cc1ccc([Si](C2=CCC(C)C=C2)(c2ccccc2)c2ccccc2)cc1. The van der Waals surface area contributed by atoms with Gasteiger partial charge in [0.15, 0.2) is 8.07 Å². The van der Waals surface area contributed by atoms with Crippen LogP contribution in [0.25, 0.3) is 0 Å². The maximum Gasteiger partial charge on any atom is 0.179 e. The molecule has 1 aliphatic carbocycles. The molecule has 0 saturated carbocycles. The highest BCUT2D eigenvalue weighted by Gasteiger charge is 2.42. The molecule has 134 valence electrons. The molecular formula is C26H26Si. The Balaban J connectivity index is 2.06. The normalized spacial score (nSPS) is 16.8. The Bertz CT molecular complexity index is 911. The molecule has 1 aliphatic rings. The van der Waals surface area contributed by atoms with E-state index in [1.54, 1.807) is 0 Å². The molecule has 0 aliphatic heterocycles. The Morgan fingerprint density at radius 1 is 0.704 bits per heavy atom. The molecule has 0 saturated heterocycles. The van der Waals surface area contributed by atoms with E-state index in [1.807, 2.05) is 0 Å². The van der Waals surface area contributed by atoms with Gasteiger partial charge in [0, 0.05) is 0 Å². The van der Waals surface area contributed by atoms with Crippen molar-refractivity contribution in [3.63, 3.8) is 0 Å². The third kappa shape index (κ3) is 3.24. The molecule has 0 bridgehead atoms. The summed E-state index contributed by atoms with van der Waals surface area (Å²) in [7, 11) is -2.30. The van der Waals surface area contributed by atoms with Crippen molar-refractivity contribution >= 4 is 23.6 Å². The minimum atomic E-state index is -2.30. The molecule has 0 amide bonds. The first-order chi connectivity index (χ1) is 13.2. The highest BCUT2D eigenvalue weighted by Crippen LogP contribution is 2.25. The van der Waals surface area contributed by atoms with Crippen LogP contribution in [0.5, 0.6) is 0 Å². The number of rotatable bonds is 4. The van der Waals surface area contributed by atoms with Crippen molar-refractivity contribution < 1.29 is 0 Å². The second-order valence-electron chi connectivity index (χ2n) is 7.58. The zero-order valence-electron chi connectivity index (χ0n) is 16.1. The van der Waals surface area contributed by atoms with Crippen LogP contribution in [0.3, 0.4) is 0 Å². The van der Waals surface area contributed by atoms with Crippen molar-refractivity contribution in [2.24, 2.45) is 5.92 Å². The van der Waals surface area contributed by atoms with Crippen LogP contribution in [-0.2, 0) is 0 Å². The van der Waals surface area contributed by atoms with Crippen molar-refractivity contribution in [2.45, 2.75) is 20.3 Å². The lowest BCUT2D eigenvalue weighted by molar-refractivity contribution is 0.734. The monoisotopic (exact) mass is 366 g/mol. The van der Waals surface area contributed by atoms with Crippen LogP contribution in [0.15, 0.2) is 108 Å². The maximum atomic E-state index is 2.50. The molecule has 0 heterocycles. The molecule has 3 aromatic rings. The van der Waals surface area contributed by atoms with Gasteiger partial charge in [-0.1, -0.05) is 116 Å². The van der Waals surface area contributed by atoms with Crippen molar-refractivity contribution in [3.8, 4) is 0 Å². The Hall–Kier alpha value is -2.64. The smallest absolute Gasteiger partial charge is 0.0836 e. The molecule has 3 aromatic carbocycles. The zero-order valence-corrected chi connectivity index (χ0v) is 17.1. The molecule has 1 unspecified atom stereocenters. The fraction of sp³-hybridized carbons (Fsp3) is 0.154. The molecule has 0 radical (unpaired) electrons. The molecule has 0 fully saturated rings. The van der Waals surface area contributed by atoms with Gasteiger partial charge < -0.3 is 0 Å². The van der Waals surface area contributed by atoms with E-state index in [-0.39, 0.29) is 0 Å². The number of aryl methyl sites for hydroxylation is 1. The van der Waals surface area contributed by atoms with Gasteiger partial charge >= 0.3 is 0 Å². The molecular weight excluding hydrogens is 340 g/mol. The molecule has 0 nitrogen and oxygen atoms in total. The van der Waals surface area contributed by atoms with Crippen LogP contribution in [0, 0.1) is 12.8 Å². The van der Waals surface area contributed by atoms with Gasteiger partial charge in [-0.15, -0.1) is 0 Å². The largest absolute Gasteiger partial charge is 0.179 e. The van der Waals surface area contributed by atoms with Crippen LogP contribution >= 0.6 is 0 Å². The summed E-state index contributed by atoms with van der Waals surface area (Å²) < 4.78 is 0. The van der Waals surface area contributed by atoms with Crippen LogP contribution < -0.4 is 15.6 Å². The average Bonchev–Trinajstić information content (AvgIpc) is 2.73. The predicted molar refractivity (Wildman–Crippen MR) is 120 cm³/mol. The van der Waals surface area contributed by atoms with Crippen molar-refractivity contribution in [1.82, 2.24) is 0 Å². The second-order valence-corrected chi connectivity index (χ2v) is 11.4. The van der Waals surface area contributed by atoms with E-state index in [0.717, 1.165) is 6.42 Å². The van der Waals surface area contributed by atoms with Crippen LogP contribution in [0.1, 0.15) is 18.9 Å². The number of hydrogen-bond acceptors (Lipinski definition) is 0. The summed E-state index contributed by atoms with van der Waals surface area (Å²) in [6, 6.07) is 31.5. The molecule has 27 heavy (non-hydrogen) atoms. The highest BCUT2D eigenvalue weighted by atomic mass is 28.3. The molecule has 1 atom stereocenters. The minimum absolute atomic E-state index is 0.616. The van der Waals surface area contributed by atoms with Crippen LogP contribution in [0.2, 0.25) is 0 Å². The minimum Gasteiger partial charge on any atom is -0.0836 e. The van der Waals surface area contributed by atoms with Gasteiger partial charge in [0.05, 0.1) is 0 Å². The lowest BCUT2D eigenvalue weighted by Gasteiger charge is -2.36. The third-order valence-electron chi connectivity index (χ3n) is 5.65. The summed E-state index contributed by atoms with van der Waals surface area (Å²) in [4.78, 5) is 0. The van der Waals surface area contributed by atoms with Gasteiger partial charge in [0.25, 0.3) is 0 Å². The van der Waals surface area contributed by atoms with Crippen molar-refractivity contribution in [3.05, 3.63) is 114 Å². The number of hydrogen-bond donors (Lipinski definition) is 0. The Morgan fingerprint density at radius 3 is 1.70 bits per heavy atom. The average molecular weight is 367 g/mol. The Morgan fingerprint density at radius 2 is 1.22 bits per heavy atom. The van der Waals surface area contributed by atoms with E-state index in [1.165, 1.54) is 26.3 Å².